The fraction of sp³-hybridized carbons (Fsp3) is 0.500. The monoisotopic (exact) mass is 390 g/mol. The number of hydrogen-bond donors (Lipinski definition) is 0. The standard InChI is InChI=1S/C24H26F4/c25-21-12-18(10-11-20(21)19-13-22(26)24(28)23(27)14-19)17-8-6-16(7-9-17)15-4-2-1-3-5-15/h10-17H,1-9H2. The van der Waals surface area contributed by atoms with Gasteiger partial charge in [-0.3, -0.25) is 0 Å². The van der Waals surface area contributed by atoms with Gasteiger partial charge in [0.15, 0.2) is 17.5 Å². The molecular formula is C24H26F4. The van der Waals surface area contributed by atoms with Gasteiger partial charge in [-0.25, -0.2) is 17.6 Å². The minimum atomic E-state index is -1.53. The molecule has 0 atom stereocenters. The van der Waals surface area contributed by atoms with E-state index >= 15 is 0 Å². The molecule has 0 aromatic heterocycles. The van der Waals surface area contributed by atoms with Gasteiger partial charge in [0.2, 0.25) is 0 Å². The fourth-order valence-corrected chi connectivity index (χ4v) is 5.26. The normalized spacial score (nSPS) is 23.7. The van der Waals surface area contributed by atoms with Gasteiger partial charge in [0.1, 0.15) is 5.82 Å². The van der Waals surface area contributed by atoms with E-state index in [2.05, 4.69) is 0 Å². The van der Waals surface area contributed by atoms with Gasteiger partial charge in [0.25, 0.3) is 0 Å². The number of halogens is 4. The van der Waals surface area contributed by atoms with Crippen LogP contribution in [0.15, 0.2) is 30.3 Å². The van der Waals surface area contributed by atoms with Crippen LogP contribution in [0.3, 0.4) is 0 Å². The van der Waals surface area contributed by atoms with Gasteiger partial charge in [0, 0.05) is 5.56 Å². The minimum absolute atomic E-state index is 0.0152. The first-order chi connectivity index (χ1) is 13.5. The highest BCUT2D eigenvalue weighted by Gasteiger charge is 2.29. The lowest BCUT2D eigenvalue weighted by molar-refractivity contribution is 0.186. The van der Waals surface area contributed by atoms with E-state index in [9.17, 15) is 17.6 Å². The molecular weight excluding hydrogens is 364 g/mol. The number of benzene rings is 2. The van der Waals surface area contributed by atoms with Crippen LogP contribution in [-0.2, 0) is 0 Å². The van der Waals surface area contributed by atoms with Crippen LogP contribution in [0.4, 0.5) is 17.6 Å². The largest absolute Gasteiger partial charge is 0.206 e. The SMILES string of the molecule is Fc1cc(C2CCC(C3CCCCC3)CC2)ccc1-c1cc(F)c(F)c(F)c1. The van der Waals surface area contributed by atoms with Crippen LogP contribution >= 0.6 is 0 Å². The third-order valence-corrected chi connectivity index (χ3v) is 6.85. The minimum Gasteiger partial charge on any atom is -0.206 e. The lowest BCUT2D eigenvalue weighted by Gasteiger charge is -2.36. The Labute approximate surface area is 164 Å². The van der Waals surface area contributed by atoms with E-state index in [4.69, 9.17) is 0 Å². The van der Waals surface area contributed by atoms with Crippen molar-refractivity contribution >= 4 is 0 Å². The van der Waals surface area contributed by atoms with Crippen molar-refractivity contribution in [3.63, 3.8) is 0 Å². The molecule has 2 saturated carbocycles. The van der Waals surface area contributed by atoms with E-state index in [-0.39, 0.29) is 11.1 Å². The second-order valence-corrected chi connectivity index (χ2v) is 8.50. The van der Waals surface area contributed by atoms with Crippen molar-refractivity contribution in [2.75, 3.05) is 0 Å². The van der Waals surface area contributed by atoms with Crippen molar-refractivity contribution in [2.24, 2.45) is 11.8 Å². The Balaban J connectivity index is 1.46. The van der Waals surface area contributed by atoms with Crippen LogP contribution < -0.4 is 0 Å². The molecule has 4 rings (SSSR count). The Morgan fingerprint density at radius 1 is 0.607 bits per heavy atom. The van der Waals surface area contributed by atoms with Crippen LogP contribution in [0.2, 0.25) is 0 Å². The Hall–Kier alpha value is -1.84. The van der Waals surface area contributed by atoms with Crippen molar-refractivity contribution < 1.29 is 17.6 Å². The van der Waals surface area contributed by atoms with Crippen molar-refractivity contribution in [1.82, 2.24) is 0 Å². The molecule has 0 heterocycles. The van der Waals surface area contributed by atoms with Gasteiger partial charge in [-0.2, -0.15) is 0 Å². The predicted molar refractivity (Wildman–Crippen MR) is 103 cm³/mol. The molecule has 28 heavy (non-hydrogen) atoms. The van der Waals surface area contributed by atoms with Crippen LogP contribution in [0, 0.1) is 35.1 Å². The summed E-state index contributed by atoms with van der Waals surface area (Å²) in [5, 5.41) is 0. The maximum Gasteiger partial charge on any atom is 0.194 e. The summed E-state index contributed by atoms with van der Waals surface area (Å²) in [5.41, 5.74) is 1.06. The van der Waals surface area contributed by atoms with E-state index in [0.717, 1.165) is 42.4 Å². The quantitative estimate of drug-likeness (QED) is 0.371. The highest BCUT2D eigenvalue weighted by Crippen LogP contribution is 2.43. The Morgan fingerprint density at radius 2 is 1.21 bits per heavy atom. The van der Waals surface area contributed by atoms with E-state index in [1.165, 1.54) is 51.0 Å². The summed E-state index contributed by atoms with van der Waals surface area (Å²) < 4.78 is 54.8. The van der Waals surface area contributed by atoms with Crippen molar-refractivity contribution in [3.8, 4) is 11.1 Å². The molecule has 0 spiro atoms. The summed E-state index contributed by atoms with van der Waals surface area (Å²) >= 11 is 0. The Morgan fingerprint density at radius 3 is 1.82 bits per heavy atom. The molecule has 2 aromatic carbocycles. The summed E-state index contributed by atoms with van der Waals surface area (Å²) in [6.07, 6.45) is 11.4. The molecule has 0 amide bonds. The van der Waals surface area contributed by atoms with Crippen molar-refractivity contribution in [2.45, 2.75) is 63.7 Å². The zero-order valence-electron chi connectivity index (χ0n) is 16.0. The fourth-order valence-electron chi connectivity index (χ4n) is 5.26. The summed E-state index contributed by atoms with van der Waals surface area (Å²) in [6, 6.07) is 6.57. The smallest absolute Gasteiger partial charge is 0.194 e. The maximum atomic E-state index is 14.7. The predicted octanol–water partition coefficient (Wildman–Crippen LogP) is 7.76. The van der Waals surface area contributed by atoms with Gasteiger partial charge >= 0.3 is 0 Å². The second kappa shape index (κ2) is 8.26. The number of hydrogen-bond acceptors (Lipinski definition) is 0. The highest BCUT2D eigenvalue weighted by atomic mass is 19.2. The molecule has 4 heteroatoms. The molecule has 0 N–H and O–H groups in total. The second-order valence-electron chi connectivity index (χ2n) is 8.50. The first kappa shape index (κ1) is 19.5. The number of rotatable bonds is 3. The average Bonchev–Trinajstić information content (AvgIpc) is 2.72. The highest BCUT2D eigenvalue weighted by molar-refractivity contribution is 5.65. The molecule has 0 aliphatic heterocycles. The van der Waals surface area contributed by atoms with Crippen LogP contribution in [0.1, 0.15) is 69.3 Å². The molecule has 2 aliphatic rings. The van der Waals surface area contributed by atoms with Gasteiger partial charge < -0.3 is 0 Å². The van der Waals surface area contributed by atoms with Crippen LogP contribution in [-0.4, -0.2) is 0 Å². The first-order valence-corrected chi connectivity index (χ1v) is 10.5. The molecule has 2 fully saturated rings. The van der Waals surface area contributed by atoms with Crippen LogP contribution in [0.5, 0.6) is 0 Å². The molecule has 0 bridgehead atoms. The molecule has 0 radical (unpaired) electrons. The first-order valence-electron chi connectivity index (χ1n) is 10.5. The average molecular weight is 390 g/mol. The third-order valence-electron chi connectivity index (χ3n) is 6.85. The molecule has 0 unspecified atom stereocenters. The summed E-state index contributed by atoms with van der Waals surface area (Å²) in [4.78, 5) is 0. The van der Waals surface area contributed by atoms with Crippen molar-refractivity contribution in [1.29, 1.82) is 0 Å². The van der Waals surface area contributed by atoms with Gasteiger partial charge in [0.05, 0.1) is 0 Å². The topological polar surface area (TPSA) is 0 Å². The van der Waals surface area contributed by atoms with E-state index < -0.39 is 23.3 Å². The lowest BCUT2D eigenvalue weighted by atomic mass is 9.70. The van der Waals surface area contributed by atoms with Crippen molar-refractivity contribution in [3.05, 3.63) is 59.2 Å². The maximum absolute atomic E-state index is 14.7. The molecule has 150 valence electrons. The summed E-state index contributed by atoms with van der Waals surface area (Å²) in [5.74, 6) is -2.64. The zero-order valence-corrected chi connectivity index (χ0v) is 16.0. The molecule has 2 aromatic rings. The van der Waals surface area contributed by atoms with Gasteiger partial charge in [-0.15, -0.1) is 0 Å². The van der Waals surface area contributed by atoms with E-state index in [1.54, 1.807) is 6.07 Å². The van der Waals surface area contributed by atoms with E-state index in [1.807, 2.05) is 6.07 Å². The lowest BCUT2D eigenvalue weighted by Crippen LogP contribution is -2.23. The van der Waals surface area contributed by atoms with Gasteiger partial charge in [-0.05, 0) is 72.8 Å². The van der Waals surface area contributed by atoms with E-state index in [0.29, 0.717) is 5.92 Å². The third kappa shape index (κ3) is 3.97. The summed E-state index contributed by atoms with van der Waals surface area (Å²) in [7, 11) is 0. The van der Waals surface area contributed by atoms with Gasteiger partial charge in [-0.1, -0.05) is 44.2 Å². The molecule has 2 aliphatic carbocycles. The van der Waals surface area contributed by atoms with Crippen LogP contribution in [0.25, 0.3) is 11.1 Å². The summed E-state index contributed by atoms with van der Waals surface area (Å²) in [6.45, 7) is 0. The molecule has 0 saturated heterocycles. The Bertz CT molecular complexity index is 807. The molecule has 0 nitrogen and oxygen atoms in total. The Kier molecular flexibility index (Phi) is 5.75. The zero-order chi connectivity index (χ0) is 19.7.